The van der Waals surface area contributed by atoms with Gasteiger partial charge in [-0.1, -0.05) is 40.7 Å². The number of rotatable bonds is 11. The highest BCUT2D eigenvalue weighted by atomic mass is 19.1. The number of amides is 1. The summed E-state index contributed by atoms with van der Waals surface area (Å²) in [5.74, 6) is -5.70. The molecular weight excluding hydrogens is 701 g/mol. The number of Topliss-reactive ketones (excluding diaryl/α,β-unsaturated/α-hetero) is 2. The zero-order chi connectivity index (χ0) is 40.2. The van der Waals surface area contributed by atoms with E-state index in [9.17, 15) is 24.3 Å². The van der Waals surface area contributed by atoms with E-state index in [1.54, 1.807) is 47.0 Å². The molecule has 1 unspecified atom stereocenters. The van der Waals surface area contributed by atoms with Crippen molar-refractivity contribution in [2.24, 2.45) is 17.8 Å². The van der Waals surface area contributed by atoms with Crippen LogP contribution < -0.4 is 5.32 Å². The van der Waals surface area contributed by atoms with Crippen molar-refractivity contribution in [1.29, 1.82) is 0 Å². The molecule has 13 nitrogen and oxygen atoms in total. The van der Waals surface area contributed by atoms with E-state index in [2.05, 4.69) is 10.3 Å². The number of aliphatic hydroxyl groups is 1. The second-order valence-corrected chi connectivity index (χ2v) is 16.0. The van der Waals surface area contributed by atoms with Crippen molar-refractivity contribution in [2.75, 3.05) is 20.2 Å². The first-order valence-electron chi connectivity index (χ1n) is 19.5. The average molecular weight is 764 g/mol. The predicted molar refractivity (Wildman–Crippen MR) is 197 cm³/mol. The number of aromatic nitrogens is 1. The molecule has 0 saturated carbocycles. The molecule has 3 saturated heterocycles. The minimum atomic E-state index is -3.16. The maximum absolute atomic E-state index is 16.8. The molecule has 1 amide bonds. The van der Waals surface area contributed by atoms with E-state index in [0.29, 0.717) is 19.4 Å². The molecule has 2 N–H and O–H groups in total. The zero-order valence-corrected chi connectivity index (χ0v) is 33.6. The highest BCUT2D eigenvalue weighted by molar-refractivity contribution is 6.08. The molecule has 0 radical (unpaired) electrons. The Morgan fingerprint density at radius 3 is 2.39 bits per heavy atom. The van der Waals surface area contributed by atoms with Crippen molar-refractivity contribution in [3.8, 4) is 0 Å². The van der Waals surface area contributed by atoms with Gasteiger partial charge in [0, 0.05) is 49.8 Å². The van der Waals surface area contributed by atoms with E-state index in [4.69, 9.17) is 23.7 Å². The molecule has 0 aromatic carbocycles. The molecule has 14 heteroatoms. The summed E-state index contributed by atoms with van der Waals surface area (Å²) >= 11 is 0. The molecule has 1 aromatic rings. The van der Waals surface area contributed by atoms with Gasteiger partial charge in [0.05, 0.1) is 23.9 Å². The number of cyclic esters (lactones) is 1. The smallest absolute Gasteiger partial charge is 0.410 e. The number of hydrogen-bond donors (Lipinski definition) is 2. The van der Waals surface area contributed by atoms with Crippen LogP contribution >= 0.6 is 0 Å². The van der Waals surface area contributed by atoms with Gasteiger partial charge in [-0.05, 0) is 84.4 Å². The maximum atomic E-state index is 16.8. The van der Waals surface area contributed by atoms with E-state index < -0.39 is 83.1 Å². The number of esters is 1. The van der Waals surface area contributed by atoms with Gasteiger partial charge in [0.2, 0.25) is 0 Å². The number of ketones is 2. The summed E-state index contributed by atoms with van der Waals surface area (Å²) in [5.41, 5.74) is -5.10. The Hall–Kier alpha value is -3.04. The molecule has 3 fully saturated rings. The second-order valence-electron chi connectivity index (χ2n) is 16.0. The van der Waals surface area contributed by atoms with Crippen LogP contribution in [0.5, 0.6) is 0 Å². The first-order valence-corrected chi connectivity index (χ1v) is 19.5. The Morgan fingerprint density at radius 2 is 1.78 bits per heavy atom. The zero-order valence-electron chi connectivity index (χ0n) is 33.6. The predicted octanol–water partition coefficient (Wildman–Crippen LogP) is 4.75. The molecule has 0 aliphatic carbocycles. The fourth-order valence-corrected chi connectivity index (χ4v) is 8.85. The standard InChI is InChI=1S/C40H62FN3O10/c1-11-29-40(9)32(44(37(49)54-40)19-14-13-16-27-17-15-18-42-22-27)25(5)30(45)23(3)21-38(7,50-10)34(26(6)33(47)39(8,41)36(48)52-29)53-35-31(46)28(43-12-2)20-24(4)51-35/h15,17-18,22-26,28-29,31-32,34-35,43,46H,11-14,16,19-21H2,1-10H3/t23-,24-,25+,26+,28+,29-,31+,32?,34-,35+,38-,39+,40-/m1/s1. The monoisotopic (exact) mass is 763 g/mol. The van der Waals surface area contributed by atoms with Gasteiger partial charge in [-0.15, -0.1) is 0 Å². The lowest BCUT2D eigenvalue weighted by atomic mass is 9.73. The van der Waals surface area contributed by atoms with Crippen LogP contribution in [0.15, 0.2) is 24.5 Å². The van der Waals surface area contributed by atoms with Gasteiger partial charge >= 0.3 is 12.1 Å². The van der Waals surface area contributed by atoms with Crippen LogP contribution in [0.25, 0.3) is 0 Å². The number of aliphatic hydroxyl groups excluding tert-OH is 1. The Kier molecular flexibility index (Phi) is 14.4. The van der Waals surface area contributed by atoms with Crippen LogP contribution in [0.2, 0.25) is 0 Å². The number of fused-ring (bicyclic) bond motifs is 1. The van der Waals surface area contributed by atoms with Gasteiger partial charge in [-0.2, -0.15) is 0 Å². The number of carbonyl (C=O) groups is 4. The molecule has 3 aliphatic heterocycles. The number of methoxy groups -OCH3 is 1. The number of unbranched alkanes of at least 4 members (excludes halogenated alkanes) is 1. The van der Waals surface area contributed by atoms with E-state index in [0.717, 1.165) is 25.3 Å². The topological polar surface area (TPSA) is 163 Å². The number of alkyl halides is 1. The van der Waals surface area contributed by atoms with Crippen molar-refractivity contribution in [3.63, 3.8) is 0 Å². The SMILES string of the molecule is CCN[C@H]1C[C@@H](C)O[C@@H](O[C@@H]2[C@@H](C)C(=O)[C@](C)(F)C(=O)O[C@H](CC)[C@@]3(C)OC(=O)N(CCCCc4cccnc4)C3[C@@H](C)C(=O)[C@H](C)C[C@@]2(C)OC)[C@H]1O. The molecule has 13 atom stereocenters. The lowest BCUT2D eigenvalue weighted by Crippen LogP contribution is -2.62. The van der Waals surface area contributed by atoms with E-state index in [1.165, 1.54) is 18.9 Å². The van der Waals surface area contributed by atoms with E-state index in [-0.39, 0.29) is 37.3 Å². The number of carbonyl (C=O) groups excluding carboxylic acids is 4. The lowest BCUT2D eigenvalue weighted by molar-refractivity contribution is -0.290. The number of hydrogen-bond acceptors (Lipinski definition) is 12. The first-order chi connectivity index (χ1) is 25.4. The third kappa shape index (κ3) is 8.98. The number of nitrogens with one attached hydrogen (secondary N) is 1. The molecule has 54 heavy (non-hydrogen) atoms. The molecule has 4 heterocycles. The van der Waals surface area contributed by atoms with Crippen molar-refractivity contribution in [1.82, 2.24) is 15.2 Å². The summed E-state index contributed by atoms with van der Waals surface area (Å²) < 4.78 is 47.2. The molecule has 0 bridgehead atoms. The minimum Gasteiger partial charge on any atom is -0.455 e. The Balaban J connectivity index is 1.74. The molecule has 4 rings (SSSR count). The van der Waals surface area contributed by atoms with Gasteiger partial charge in [0.15, 0.2) is 17.7 Å². The third-order valence-electron chi connectivity index (χ3n) is 11.9. The normalized spacial score (nSPS) is 39.8. The lowest BCUT2D eigenvalue weighted by Gasteiger charge is -2.46. The average Bonchev–Trinajstić information content (AvgIpc) is 3.40. The molecule has 304 valence electrons. The fraction of sp³-hybridized carbons (Fsp3) is 0.775. The molecule has 3 aliphatic rings. The van der Waals surface area contributed by atoms with Crippen molar-refractivity contribution in [3.05, 3.63) is 30.1 Å². The summed E-state index contributed by atoms with van der Waals surface area (Å²) in [5, 5.41) is 14.6. The summed E-state index contributed by atoms with van der Waals surface area (Å²) in [4.78, 5) is 61.9. The number of pyridine rings is 1. The Labute approximate surface area is 319 Å². The highest BCUT2D eigenvalue weighted by Gasteiger charge is 2.61. The number of aryl methyl sites for hydroxylation is 1. The molecular formula is C40H62FN3O10. The van der Waals surface area contributed by atoms with Crippen LogP contribution in [0, 0.1) is 17.8 Å². The number of nitrogens with zero attached hydrogens (tertiary/aromatic N) is 2. The van der Waals surface area contributed by atoms with Crippen molar-refractivity contribution >= 4 is 23.6 Å². The molecule has 1 aromatic heterocycles. The van der Waals surface area contributed by atoms with Crippen LogP contribution in [0.3, 0.4) is 0 Å². The third-order valence-corrected chi connectivity index (χ3v) is 11.9. The van der Waals surface area contributed by atoms with Gasteiger partial charge in [-0.25, -0.2) is 14.0 Å². The van der Waals surface area contributed by atoms with Gasteiger partial charge in [0.1, 0.15) is 18.0 Å². The highest BCUT2D eigenvalue weighted by Crippen LogP contribution is 2.43. The van der Waals surface area contributed by atoms with Crippen molar-refractivity contribution < 1.29 is 52.4 Å². The summed E-state index contributed by atoms with van der Waals surface area (Å²) in [6.07, 6.45) is 0.261. The van der Waals surface area contributed by atoms with Gasteiger partial charge in [-0.3, -0.25) is 14.6 Å². The maximum Gasteiger partial charge on any atom is 0.410 e. The minimum absolute atomic E-state index is 0.0119. The largest absolute Gasteiger partial charge is 0.455 e. The van der Waals surface area contributed by atoms with Gasteiger partial charge in [0.25, 0.3) is 5.67 Å². The number of ether oxygens (including phenoxy) is 5. The quantitative estimate of drug-likeness (QED) is 0.181. The number of likely N-dealkylation sites (N-methyl/N-ethyl adjacent to an activating group) is 1. The summed E-state index contributed by atoms with van der Waals surface area (Å²) in [6, 6.07) is 2.56. The van der Waals surface area contributed by atoms with Crippen LogP contribution in [0.1, 0.15) is 100.0 Å². The van der Waals surface area contributed by atoms with E-state index >= 15 is 4.39 Å². The Morgan fingerprint density at radius 1 is 1.07 bits per heavy atom. The van der Waals surface area contributed by atoms with E-state index in [1.807, 2.05) is 26.0 Å². The first kappa shape index (κ1) is 43.7. The summed E-state index contributed by atoms with van der Waals surface area (Å²) in [6.45, 7) is 15.3. The second kappa shape index (κ2) is 17.8. The van der Waals surface area contributed by atoms with Crippen LogP contribution in [-0.2, 0) is 44.5 Å². The Bertz CT molecular complexity index is 1470. The fourth-order valence-electron chi connectivity index (χ4n) is 8.85. The van der Waals surface area contributed by atoms with Gasteiger partial charge < -0.3 is 39.0 Å². The van der Waals surface area contributed by atoms with Crippen molar-refractivity contribution in [2.45, 2.75) is 160 Å². The summed E-state index contributed by atoms with van der Waals surface area (Å²) in [7, 11) is 1.40. The van der Waals surface area contributed by atoms with Crippen LogP contribution in [-0.4, -0.2) is 118 Å². The number of halogens is 1. The van der Waals surface area contributed by atoms with Crippen LogP contribution in [0.4, 0.5) is 9.18 Å². The molecule has 0 spiro atoms.